The molecule has 92 valence electrons. The molecule has 3 rings (SSSR count). The number of nitrogens with zero attached hydrogens (tertiary/aromatic N) is 4. The van der Waals surface area contributed by atoms with Gasteiger partial charge in [0.05, 0.1) is 12.1 Å². The normalized spacial score (nSPS) is 14.3. The van der Waals surface area contributed by atoms with Crippen LogP contribution in [-0.2, 0) is 13.1 Å². The molecule has 0 unspecified atom stereocenters. The van der Waals surface area contributed by atoms with Crippen molar-refractivity contribution in [2.45, 2.75) is 13.1 Å². The van der Waals surface area contributed by atoms with Crippen molar-refractivity contribution in [3.8, 4) is 0 Å². The van der Waals surface area contributed by atoms with Crippen molar-refractivity contribution >= 4 is 5.91 Å². The quantitative estimate of drug-likeness (QED) is 0.742. The van der Waals surface area contributed by atoms with Crippen LogP contribution in [0.5, 0.6) is 0 Å². The molecule has 0 saturated heterocycles. The van der Waals surface area contributed by atoms with Gasteiger partial charge in [-0.25, -0.2) is 0 Å². The second-order valence-corrected chi connectivity index (χ2v) is 4.11. The van der Waals surface area contributed by atoms with Crippen LogP contribution in [0.3, 0.4) is 0 Å². The Kier molecular flexibility index (Phi) is 2.44. The molecule has 7 heteroatoms. The number of amides is 1. The lowest BCUT2D eigenvalue weighted by atomic mass is 10.2. The predicted molar refractivity (Wildman–Crippen MR) is 61.8 cm³/mol. The van der Waals surface area contributed by atoms with Gasteiger partial charge in [-0.3, -0.25) is 9.59 Å². The summed E-state index contributed by atoms with van der Waals surface area (Å²) in [6, 6.07) is 2.88. The molecule has 0 aliphatic carbocycles. The fraction of sp³-hybridized carbons (Fsp3) is 0.273. The first-order valence-corrected chi connectivity index (χ1v) is 5.59. The average molecular weight is 245 g/mol. The van der Waals surface area contributed by atoms with Crippen LogP contribution in [-0.4, -0.2) is 37.1 Å². The Hall–Kier alpha value is -2.44. The zero-order valence-corrected chi connectivity index (χ0v) is 9.54. The first-order valence-electron chi connectivity index (χ1n) is 5.59. The van der Waals surface area contributed by atoms with Gasteiger partial charge in [0, 0.05) is 25.4 Å². The van der Waals surface area contributed by atoms with Gasteiger partial charge in [-0.15, -0.1) is 10.2 Å². The third-order valence-electron chi connectivity index (χ3n) is 2.96. The molecule has 0 atom stereocenters. The van der Waals surface area contributed by atoms with Gasteiger partial charge in [0.1, 0.15) is 6.33 Å². The molecule has 3 heterocycles. The first kappa shape index (κ1) is 10.7. The third-order valence-corrected chi connectivity index (χ3v) is 2.96. The number of aromatic amines is 1. The fourth-order valence-corrected chi connectivity index (χ4v) is 1.97. The number of aromatic nitrogens is 4. The second-order valence-electron chi connectivity index (χ2n) is 4.11. The number of hydrogen-bond donors (Lipinski definition) is 1. The molecular formula is C11H11N5O2. The van der Waals surface area contributed by atoms with Crippen molar-refractivity contribution in [1.82, 2.24) is 24.6 Å². The molecule has 0 radical (unpaired) electrons. The van der Waals surface area contributed by atoms with Gasteiger partial charge in [-0.1, -0.05) is 0 Å². The summed E-state index contributed by atoms with van der Waals surface area (Å²) in [4.78, 5) is 27.3. The summed E-state index contributed by atoms with van der Waals surface area (Å²) in [6.45, 7) is 1.75. The maximum atomic E-state index is 12.2. The number of rotatable bonds is 1. The van der Waals surface area contributed by atoms with Crippen molar-refractivity contribution < 1.29 is 4.79 Å². The molecule has 1 aliphatic heterocycles. The lowest BCUT2D eigenvalue weighted by Crippen LogP contribution is -2.38. The van der Waals surface area contributed by atoms with Crippen LogP contribution in [0.25, 0.3) is 0 Å². The van der Waals surface area contributed by atoms with Crippen molar-refractivity contribution in [2.75, 3.05) is 6.54 Å². The predicted octanol–water partition coefficient (Wildman–Crippen LogP) is -0.378. The van der Waals surface area contributed by atoms with E-state index in [2.05, 4.69) is 15.2 Å². The molecule has 1 aliphatic rings. The number of pyridine rings is 1. The summed E-state index contributed by atoms with van der Waals surface area (Å²) in [6.07, 6.45) is 3.10. The van der Waals surface area contributed by atoms with E-state index in [1.54, 1.807) is 11.2 Å². The summed E-state index contributed by atoms with van der Waals surface area (Å²) >= 11 is 0. The van der Waals surface area contributed by atoms with Crippen molar-refractivity contribution in [3.05, 3.63) is 46.4 Å². The zero-order valence-electron chi connectivity index (χ0n) is 9.54. The van der Waals surface area contributed by atoms with Gasteiger partial charge in [0.2, 0.25) is 5.56 Å². The van der Waals surface area contributed by atoms with Crippen LogP contribution in [0.2, 0.25) is 0 Å². The molecule has 0 aromatic carbocycles. The Morgan fingerprint density at radius 3 is 3.00 bits per heavy atom. The highest BCUT2D eigenvalue weighted by Crippen LogP contribution is 2.12. The fourth-order valence-electron chi connectivity index (χ4n) is 1.97. The maximum absolute atomic E-state index is 12.2. The summed E-state index contributed by atoms with van der Waals surface area (Å²) in [5, 5.41) is 7.77. The first-order chi connectivity index (χ1) is 8.74. The smallest absolute Gasteiger partial charge is 0.255 e. The summed E-state index contributed by atoms with van der Waals surface area (Å²) in [5.41, 5.74) is 0.257. The van der Waals surface area contributed by atoms with E-state index in [1.165, 1.54) is 18.3 Å². The van der Waals surface area contributed by atoms with E-state index in [1.807, 2.05) is 4.57 Å². The highest BCUT2D eigenvalue weighted by atomic mass is 16.2. The minimum atomic E-state index is -0.218. The van der Waals surface area contributed by atoms with Crippen LogP contribution in [0.1, 0.15) is 16.2 Å². The van der Waals surface area contributed by atoms with E-state index in [0.29, 0.717) is 25.2 Å². The number of carbonyl (C=O) groups excluding carboxylic acids is 1. The summed E-state index contributed by atoms with van der Waals surface area (Å²) < 4.78 is 1.93. The van der Waals surface area contributed by atoms with Gasteiger partial charge >= 0.3 is 0 Å². The molecule has 18 heavy (non-hydrogen) atoms. The number of carbonyl (C=O) groups is 1. The van der Waals surface area contributed by atoms with E-state index in [0.717, 1.165) is 5.82 Å². The number of nitrogens with one attached hydrogen (secondary N) is 1. The molecule has 1 N–H and O–H groups in total. The molecule has 0 saturated carbocycles. The van der Waals surface area contributed by atoms with E-state index >= 15 is 0 Å². The maximum Gasteiger partial charge on any atom is 0.255 e. The Morgan fingerprint density at radius 2 is 2.22 bits per heavy atom. The summed E-state index contributed by atoms with van der Waals surface area (Å²) in [7, 11) is 0. The molecule has 1 amide bonds. The van der Waals surface area contributed by atoms with Crippen LogP contribution in [0, 0.1) is 0 Å². The van der Waals surface area contributed by atoms with Gasteiger partial charge in [0.15, 0.2) is 5.82 Å². The molecule has 0 spiro atoms. The Balaban J connectivity index is 1.82. The monoisotopic (exact) mass is 245 g/mol. The third kappa shape index (κ3) is 1.79. The van der Waals surface area contributed by atoms with Gasteiger partial charge in [0.25, 0.3) is 5.91 Å². The number of fused-ring (bicyclic) bond motifs is 1. The largest absolute Gasteiger partial charge is 0.329 e. The van der Waals surface area contributed by atoms with E-state index in [4.69, 9.17) is 0 Å². The minimum absolute atomic E-state index is 0.111. The van der Waals surface area contributed by atoms with Crippen LogP contribution in [0.15, 0.2) is 29.5 Å². The van der Waals surface area contributed by atoms with Crippen molar-refractivity contribution in [2.24, 2.45) is 0 Å². The standard InChI is InChI=1S/C11H11N5O2/c17-10-2-1-8(5-12-10)11(18)15-3-4-16-7-13-14-9(16)6-15/h1-2,5,7H,3-4,6H2,(H,12,17). The minimum Gasteiger partial charge on any atom is -0.329 e. The molecule has 0 bridgehead atoms. The van der Waals surface area contributed by atoms with Crippen molar-refractivity contribution in [3.63, 3.8) is 0 Å². The highest BCUT2D eigenvalue weighted by Gasteiger charge is 2.22. The molecule has 2 aromatic heterocycles. The van der Waals surface area contributed by atoms with Gasteiger partial charge < -0.3 is 14.5 Å². The molecule has 2 aromatic rings. The lowest BCUT2D eigenvalue weighted by molar-refractivity contribution is 0.0707. The number of H-pyrrole nitrogens is 1. The van der Waals surface area contributed by atoms with Crippen LogP contribution < -0.4 is 5.56 Å². The van der Waals surface area contributed by atoms with Gasteiger partial charge in [-0.05, 0) is 6.07 Å². The molecular weight excluding hydrogens is 234 g/mol. The Labute approximate surface area is 102 Å². The SMILES string of the molecule is O=C(c1ccc(=O)[nH]c1)N1CCn2cnnc2C1. The number of hydrogen-bond acceptors (Lipinski definition) is 4. The van der Waals surface area contributed by atoms with Gasteiger partial charge in [-0.2, -0.15) is 0 Å². The highest BCUT2D eigenvalue weighted by molar-refractivity contribution is 5.93. The Bertz CT molecular complexity index is 624. The second kappa shape index (κ2) is 4.10. The van der Waals surface area contributed by atoms with Crippen LogP contribution in [0.4, 0.5) is 0 Å². The zero-order chi connectivity index (χ0) is 12.5. The molecule has 0 fully saturated rings. The topological polar surface area (TPSA) is 83.9 Å². The molecule has 7 nitrogen and oxygen atoms in total. The van der Waals surface area contributed by atoms with Crippen molar-refractivity contribution in [1.29, 1.82) is 0 Å². The van der Waals surface area contributed by atoms with E-state index < -0.39 is 0 Å². The average Bonchev–Trinajstić information content (AvgIpc) is 2.86. The lowest BCUT2D eigenvalue weighted by Gasteiger charge is -2.26. The Morgan fingerprint density at radius 1 is 1.33 bits per heavy atom. The van der Waals surface area contributed by atoms with Crippen LogP contribution >= 0.6 is 0 Å². The van der Waals surface area contributed by atoms with E-state index in [9.17, 15) is 9.59 Å². The van der Waals surface area contributed by atoms with E-state index in [-0.39, 0.29) is 11.5 Å². The summed E-state index contributed by atoms with van der Waals surface area (Å²) in [5.74, 6) is 0.666.